The minimum atomic E-state index is -0.0722. The Labute approximate surface area is 214 Å². The van der Waals surface area contributed by atoms with E-state index in [0.29, 0.717) is 18.7 Å². The zero-order chi connectivity index (χ0) is 25.7. The molecule has 188 valence electrons. The Bertz CT molecular complexity index is 1330. The summed E-state index contributed by atoms with van der Waals surface area (Å²) < 4.78 is 8.19. The molecule has 1 heterocycles. The average molecular weight is 484 g/mol. The monoisotopic (exact) mass is 483 g/mol. The molecule has 36 heavy (non-hydrogen) atoms. The molecule has 0 spiro atoms. The van der Waals surface area contributed by atoms with Gasteiger partial charge >= 0.3 is 0 Å². The van der Waals surface area contributed by atoms with Gasteiger partial charge in [-0.2, -0.15) is 0 Å². The number of imidazole rings is 1. The van der Waals surface area contributed by atoms with E-state index in [1.54, 1.807) is 0 Å². The van der Waals surface area contributed by atoms with E-state index in [9.17, 15) is 4.79 Å². The molecule has 4 rings (SSSR count). The van der Waals surface area contributed by atoms with Gasteiger partial charge in [-0.1, -0.05) is 62.7 Å². The second kappa shape index (κ2) is 11.0. The summed E-state index contributed by atoms with van der Waals surface area (Å²) in [6.45, 7) is 12.5. The highest BCUT2D eigenvalue weighted by Crippen LogP contribution is 2.24. The van der Waals surface area contributed by atoms with Crippen molar-refractivity contribution in [3.63, 3.8) is 0 Å². The Morgan fingerprint density at radius 1 is 0.972 bits per heavy atom. The Balaban J connectivity index is 1.35. The quantitative estimate of drug-likeness (QED) is 0.268. The third-order valence-corrected chi connectivity index (χ3v) is 6.53. The summed E-state index contributed by atoms with van der Waals surface area (Å²) in [4.78, 5) is 17.6. The van der Waals surface area contributed by atoms with Gasteiger partial charge < -0.3 is 14.6 Å². The van der Waals surface area contributed by atoms with Crippen LogP contribution in [0.1, 0.15) is 66.5 Å². The van der Waals surface area contributed by atoms with Crippen molar-refractivity contribution in [1.29, 1.82) is 0 Å². The molecule has 0 bridgehead atoms. The number of benzene rings is 3. The van der Waals surface area contributed by atoms with Gasteiger partial charge in [-0.15, -0.1) is 0 Å². The van der Waals surface area contributed by atoms with Gasteiger partial charge in [0.2, 0.25) is 0 Å². The van der Waals surface area contributed by atoms with Crippen LogP contribution in [0.25, 0.3) is 11.0 Å². The van der Waals surface area contributed by atoms with Crippen LogP contribution in [0.5, 0.6) is 5.75 Å². The Morgan fingerprint density at radius 3 is 2.44 bits per heavy atom. The van der Waals surface area contributed by atoms with Crippen molar-refractivity contribution in [2.45, 2.75) is 66.0 Å². The van der Waals surface area contributed by atoms with Crippen LogP contribution in [0, 0.1) is 13.8 Å². The standard InChI is InChI=1S/C31H37N3O2/c1-22-12-17-26(23(2)20-22)30(35)32-21-29-33-27-10-6-7-11-28(27)34(29)18-8-9-19-36-25-15-13-24(14-16-25)31(3,4)5/h6-7,10-17,20H,8-9,18-19,21H2,1-5H3,(H,32,35). The zero-order valence-electron chi connectivity index (χ0n) is 22.1. The first-order chi connectivity index (χ1) is 17.2. The third kappa shape index (κ3) is 6.14. The number of aromatic nitrogens is 2. The van der Waals surface area contributed by atoms with Crippen LogP contribution in [-0.2, 0) is 18.5 Å². The van der Waals surface area contributed by atoms with E-state index in [1.165, 1.54) is 5.56 Å². The Hall–Kier alpha value is -3.60. The molecule has 0 atom stereocenters. The van der Waals surface area contributed by atoms with Crippen LogP contribution in [-0.4, -0.2) is 22.1 Å². The number of amides is 1. The van der Waals surface area contributed by atoms with Gasteiger partial charge in [0.05, 0.1) is 24.2 Å². The lowest BCUT2D eigenvalue weighted by Gasteiger charge is -2.19. The number of carbonyl (C=O) groups excluding carboxylic acids is 1. The fourth-order valence-corrected chi connectivity index (χ4v) is 4.45. The summed E-state index contributed by atoms with van der Waals surface area (Å²) >= 11 is 0. The normalized spacial score (nSPS) is 11.6. The van der Waals surface area contributed by atoms with Gasteiger partial charge in [0.25, 0.3) is 5.91 Å². The minimum absolute atomic E-state index is 0.0722. The maximum absolute atomic E-state index is 12.8. The third-order valence-electron chi connectivity index (χ3n) is 6.53. The fourth-order valence-electron chi connectivity index (χ4n) is 4.45. The van der Waals surface area contributed by atoms with E-state index in [1.807, 2.05) is 50.2 Å². The van der Waals surface area contributed by atoms with E-state index in [-0.39, 0.29) is 11.3 Å². The van der Waals surface area contributed by atoms with E-state index in [4.69, 9.17) is 9.72 Å². The lowest BCUT2D eigenvalue weighted by atomic mass is 9.87. The van der Waals surface area contributed by atoms with E-state index in [2.05, 4.69) is 61.0 Å². The molecule has 0 aliphatic heterocycles. The highest BCUT2D eigenvalue weighted by molar-refractivity contribution is 5.95. The summed E-state index contributed by atoms with van der Waals surface area (Å²) in [6, 6.07) is 22.4. The number of ether oxygens (including phenoxy) is 1. The number of nitrogens with zero attached hydrogens (tertiary/aromatic N) is 2. The number of para-hydroxylation sites is 2. The van der Waals surface area contributed by atoms with Crippen LogP contribution in [0.2, 0.25) is 0 Å². The van der Waals surface area contributed by atoms with Crippen molar-refractivity contribution in [1.82, 2.24) is 14.9 Å². The molecule has 0 saturated carbocycles. The summed E-state index contributed by atoms with van der Waals surface area (Å²) in [5.41, 5.74) is 6.32. The highest BCUT2D eigenvalue weighted by Gasteiger charge is 2.14. The molecule has 1 amide bonds. The topological polar surface area (TPSA) is 56.2 Å². The maximum Gasteiger partial charge on any atom is 0.251 e. The summed E-state index contributed by atoms with van der Waals surface area (Å²) in [6.07, 6.45) is 1.89. The van der Waals surface area contributed by atoms with Gasteiger partial charge in [-0.3, -0.25) is 4.79 Å². The van der Waals surface area contributed by atoms with Crippen LogP contribution in [0.15, 0.2) is 66.7 Å². The van der Waals surface area contributed by atoms with Crippen molar-refractivity contribution in [2.75, 3.05) is 6.61 Å². The molecule has 1 aromatic heterocycles. The first kappa shape index (κ1) is 25.5. The number of aryl methyl sites for hydroxylation is 3. The molecule has 5 nitrogen and oxygen atoms in total. The smallest absolute Gasteiger partial charge is 0.251 e. The Kier molecular flexibility index (Phi) is 7.78. The van der Waals surface area contributed by atoms with Crippen LogP contribution in [0.3, 0.4) is 0 Å². The number of carbonyl (C=O) groups is 1. The van der Waals surface area contributed by atoms with Crippen molar-refractivity contribution in [3.05, 3.63) is 94.8 Å². The van der Waals surface area contributed by atoms with Crippen LogP contribution in [0.4, 0.5) is 0 Å². The van der Waals surface area contributed by atoms with Crippen molar-refractivity contribution in [2.24, 2.45) is 0 Å². The number of fused-ring (bicyclic) bond motifs is 1. The maximum atomic E-state index is 12.8. The van der Waals surface area contributed by atoms with Crippen molar-refractivity contribution in [3.8, 4) is 5.75 Å². The molecule has 0 aliphatic rings. The van der Waals surface area contributed by atoms with Crippen LogP contribution < -0.4 is 10.1 Å². The number of nitrogens with one attached hydrogen (secondary N) is 1. The predicted molar refractivity (Wildman–Crippen MR) is 147 cm³/mol. The number of rotatable bonds is 9. The first-order valence-electron chi connectivity index (χ1n) is 12.8. The van der Waals surface area contributed by atoms with E-state index < -0.39 is 0 Å². The molecule has 0 unspecified atom stereocenters. The summed E-state index contributed by atoms with van der Waals surface area (Å²) in [5, 5.41) is 3.07. The SMILES string of the molecule is Cc1ccc(C(=O)NCc2nc3ccccc3n2CCCCOc2ccc(C(C)(C)C)cc2)c(C)c1. The summed E-state index contributed by atoms with van der Waals surface area (Å²) in [5.74, 6) is 1.70. The number of hydrogen-bond donors (Lipinski definition) is 1. The second-order valence-electron chi connectivity index (χ2n) is 10.5. The van der Waals surface area contributed by atoms with Crippen molar-refractivity contribution < 1.29 is 9.53 Å². The molecule has 4 aromatic rings. The van der Waals surface area contributed by atoms with Crippen LogP contribution >= 0.6 is 0 Å². The number of hydrogen-bond acceptors (Lipinski definition) is 3. The van der Waals surface area contributed by atoms with E-state index in [0.717, 1.165) is 53.1 Å². The zero-order valence-corrected chi connectivity index (χ0v) is 22.1. The molecular formula is C31H37N3O2. The summed E-state index contributed by atoms with van der Waals surface area (Å²) in [7, 11) is 0. The predicted octanol–water partition coefficient (Wildman–Crippen LogP) is 6.74. The first-order valence-corrected chi connectivity index (χ1v) is 12.8. The van der Waals surface area contributed by atoms with Gasteiger partial charge in [-0.25, -0.2) is 4.98 Å². The molecule has 1 N–H and O–H groups in total. The van der Waals surface area contributed by atoms with Gasteiger partial charge in [0.1, 0.15) is 11.6 Å². The molecule has 3 aromatic carbocycles. The molecule has 0 saturated heterocycles. The fraction of sp³-hybridized carbons (Fsp3) is 0.355. The average Bonchev–Trinajstić information content (AvgIpc) is 3.19. The number of unbranched alkanes of at least 4 members (excludes halogenated alkanes) is 1. The molecule has 0 fully saturated rings. The lowest BCUT2D eigenvalue weighted by Crippen LogP contribution is -2.25. The largest absolute Gasteiger partial charge is 0.494 e. The molecular weight excluding hydrogens is 446 g/mol. The highest BCUT2D eigenvalue weighted by atomic mass is 16.5. The van der Waals surface area contributed by atoms with Gasteiger partial charge in [-0.05, 0) is 73.6 Å². The lowest BCUT2D eigenvalue weighted by molar-refractivity contribution is 0.0949. The molecule has 0 radical (unpaired) electrons. The van der Waals surface area contributed by atoms with Crippen molar-refractivity contribution >= 4 is 16.9 Å². The molecule has 0 aliphatic carbocycles. The molecule has 5 heteroatoms. The van der Waals surface area contributed by atoms with Gasteiger partial charge in [0, 0.05) is 12.1 Å². The minimum Gasteiger partial charge on any atom is -0.494 e. The van der Waals surface area contributed by atoms with E-state index >= 15 is 0 Å². The Morgan fingerprint density at radius 2 is 1.72 bits per heavy atom. The second-order valence-corrected chi connectivity index (χ2v) is 10.5. The van der Waals surface area contributed by atoms with Gasteiger partial charge in [0.15, 0.2) is 0 Å².